The second-order valence-electron chi connectivity index (χ2n) is 7.43. The molecule has 0 saturated heterocycles. The standard InChI is InChI=1S/C24H16ClF3N4O4/c1-29-23(35)18-11-15(8-9-30-18)36-14-5-2-12(3-6-14)31-19-20(22(34)21(19)33)32-13-4-7-17(25)16(10-13)24(26,27)28/h2-11,31-32H,1H3,(H,29,35). The molecule has 4 aromatic rings. The van der Waals surface area contributed by atoms with Crippen LogP contribution in [0.15, 0.2) is 70.4 Å². The molecule has 184 valence electrons. The number of benzene rings is 2. The van der Waals surface area contributed by atoms with E-state index in [-0.39, 0.29) is 28.7 Å². The van der Waals surface area contributed by atoms with E-state index < -0.39 is 27.6 Å². The largest absolute Gasteiger partial charge is 0.457 e. The molecule has 1 heterocycles. The Morgan fingerprint density at radius 2 is 1.50 bits per heavy atom. The average Bonchev–Trinajstić information content (AvgIpc) is 2.86. The van der Waals surface area contributed by atoms with Crippen molar-refractivity contribution in [2.45, 2.75) is 6.18 Å². The first-order valence-electron chi connectivity index (χ1n) is 10.3. The molecule has 0 saturated carbocycles. The molecule has 3 N–H and O–H groups in total. The Morgan fingerprint density at radius 3 is 2.11 bits per heavy atom. The first-order valence-corrected chi connectivity index (χ1v) is 10.6. The second-order valence-corrected chi connectivity index (χ2v) is 7.84. The molecule has 4 rings (SSSR count). The number of hydrogen-bond acceptors (Lipinski definition) is 7. The summed E-state index contributed by atoms with van der Waals surface area (Å²) in [6, 6.07) is 12.4. The first kappa shape index (κ1) is 24.7. The summed E-state index contributed by atoms with van der Waals surface area (Å²) in [4.78, 5) is 39.8. The number of amides is 1. The van der Waals surface area contributed by atoms with Gasteiger partial charge in [0.2, 0.25) is 0 Å². The van der Waals surface area contributed by atoms with Gasteiger partial charge in [-0.1, -0.05) is 11.6 Å². The monoisotopic (exact) mass is 516 g/mol. The number of halogens is 4. The van der Waals surface area contributed by atoms with E-state index in [4.69, 9.17) is 16.3 Å². The summed E-state index contributed by atoms with van der Waals surface area (Å²) >= 11 is 5.62. The Hall–Kier alpha value is -4.38. The van der Waals surface area contributed by atoms with Gasteiger partial charge in [-0.3, -0.25) is 19.4 Å². The van der Waals surface area contributed by atoms with Gasteiger partial charge in [-0.2, -0.15) is 13.2 Å². The molecule has 0 fully saturated rings. The number of nitrogens with one attached hydrogen (secondary N) is 3. The topological polar surface area (TPSA) is 109 Å². The van der Waals surface area contributed by atoms with E-state index in [1.165, 1.54) is 25.4 Å². The number of aromatic nitrogens is 1. The van der Waals surface area contributed by atoms with Crippen LogP contribution in [0.5, 0.6) is 11.5 Å². The normalized spacial score (nSPS) is 11.2. The Labute approximate surface area is 206 Å². The smallest absolute Gasteiger partial charge is 0.417 e. The van der Waals surface area contributed by atoms with Crippen LogP contribution < -0.4 is 31.5 Å². The molecule has 12 heteroatoms. The summed E-state index contributed by atoms with van der Waals surface area (Å²) in [5, 5.41) is 7.32. The molecule has 0 aliphatic rings. The average molecular weight is 517 g/mol. The van der Waals surface area contributed by atoms with Gasteiger partial charge in [-0.25, -0.2) is 0 Å². The number of alkyl halides is 3. The number of hydrogen-bond donors (Lipinski definition) is 3. The van der Waals surface area contributed by atoms with Crippen molar-refractivity contribution < 1.29 is 22.7 Å². The minimum atomic E-state index is -4.69. The highest BCUT2D eigenvalue weighted by molar-refractivity contribution is 6.31. The molecule has 36 heavy (non-hydrogen) atoms. The van der Waals surface area contributed by atoms with Gasteiger partial charge < -0.3 is 20.7 Å². The molecule has 0 unspecified atom stereocenters. The van der Waals surface area contributed by atoms with E-state index >= 15 is 0 Å². The zero-order valence-electron chi connectivity index (χ0n) is 18.4. The molecule has 0 atom stereocenters. The third-order valence-electron chi connectivity index (χ3n) is 5.00. The third kappa shape index (κ3) is 5.15. The summed E-state index contributed by atoms with van der Waals surface area (Å²) in [7, 11) is 1.48. The molecule has 0 bridgehead atoms. The number of ether oxygens (including phenoxy) is 1. The van der Waals surface area contributed by atoms with E-state index in [2.05, 4.69) is 20.9 Å². The Morgan fingerprint density at radius 1 is 0.889 bits per heavy atom. The summed E-state index contributed by atoms with van der Waals surface area (Å²) in [5.74, 6) is 0.420. The van der Waals surface area contributed by atoms with Crippen molar-refractivity contribution in [1.82, 2.24) is 10.3 Å². The minimum absolute atomic E-state index is 0.0564. The lowest BCUT2D eigenvalue weighted by atomic mass is 10.1. The van der Waals surface area contributed by atoms with Crippen LogP contribution in [0.4, 0.5) is 35.9 Å². The summed E-state index contributed by atoms with van der Waals surface area (Å²) in [5.41, 5.74) is -2.49. The lowest BCUT2D eigenvalue weighted by molar-refractivity contribution is -0.137. The summed E-state index contributed by atoms with van der Waals surface area (Å²) in [6.45, 7) is 0. The minimum Gasteiger partial charge on any atom is -0.457 e. The van der Waals surface area contributed by atoms with Crippen molar-refractivity contribution in [3.05, 3.63) is 97.5 Å². The molecule has 0 spiro atoms. The lowest BCUT2D eigenvalue weighted by Gasteiger charge is -2.17. The van der Waals surface area contributed by atoms with E-state index in [0.29, 0.717) is 17.2 Å². The Bertz CT molecular complexity index is 1510. The van der Waals surface area contributed by atoms with Crippen LogP contribution >= 0.6 is 11.6 Å². The van der Waals surface area contributed by atoms with Crippen LogP contribution in [0.2, 0.25) is 5.02 Å². The highest BCUT2D eigenvalue weighted by Crippen LogP contribution is 2.37. The van der Waals surface area contributed by atoms with E-state index in [1.807, 2.05) is 0 Å². The Balaban J connectivity index is 1.49. The predicted molar refractivity (Wildman–Crippen MR) is 129 cm³/mol. The van der Waals surface area contributed by atoms with Gasteiger partial charge in [0, 0.05) is 30.7 Å². The van der Waals surface area contributed by atoms with Gasteiger partial charge in [0.05, 0.1) is 10.6 Å². The molecule has 0 radical (unpaired) electrons. The van der Waals surface area contributed by atoms with Crippen LogP contribution in [0, 0.1) is 0 Å². The first-order chi connectivity index (χ1) is 17.1. The van der Waals surface area contributed by atoms with E-state index in [0.717, 1.165) is 12.1 Å². The fraction of sp³-hybridized carbons (Fsp3) is 0.0833. The molecule has 3 aromatic carbocycles. The van der Waals surface area contributed by atoms with Crippen molar-refractivity contribution in [2.75, 3.05) is 17.7 Å². The molecule has 1 amide bonds. The van der Waals surface area contributed by atoms with Crippen LogP contribution in [0.1, 0.15) is 16.1 Å². The molecule has 0 aliphatic carbocycles. The van der Waals surface area contributed by atoms with Gasteiger partial charge in [-0.05, 0) is 48.5 Å². The molecule has 0 aliphatic heterocycles. The van der Waals surface area contributed by atoms with Gasteiger partial charge in [0.1, 0.15) is 28.6 Å². The number of carbonyl (C=O) groups is 1. The second kappa shape index (κ2) is 9.70. The lowest BCUT2D eigenvalue weighted by Crippen LogP contribution is -2.35. The van der Waals surface area contributed by atoms with E-state index in [1.54, 1.807) is 30.3 Å². The Kier molecular flexibility index (Phi) is 6.67. The van der Waals surface area contributed by atoms with Gasteiger partial charge in [0.15, 0.2) is 0 Å². The van der Waals surface area contributed by atoms with Gasteiger partial charge in [0.25, 0.3) is 16.8 Å². The molecular weight excluding hydrogens is 501 g/mol. The molecular formula is C24H16ClF3N4O4. The van der Waals surface area contributed by atoms with Crippen LogP contribution in [-0.2, 0) is 6.18 Å². The van der Waals surface area contributed by atoms with Crippen molar-refractivity contribution in [2.24, 2.45) is 0 Å². The van der Waals surface area contributed by atoms with Crippen molar-refractivity contribution in [1.29, 1.82) is 0 Å². The number of rotatable bonds is 7. The number of anilines is 4. The maximum absolute atomic E-state index is 13.1. The predicted octanol–water partition coefficient (Wildman–Crippen LogP) is 4.99. The third-order valence-corrected chi connectivity index (χ3v) is 5.33. The maximum atomic E-state index is 13.1. The SMILES string of the molecule is CNC(=O)c1cc(Oc2ccc(Nc3c(Nc4ccc(Cl)c(C(F)(F)F)c4)c(=O)c3=O)cc2)ccn1. The number of carbonyl (C=O) groups excluding carboxylic acids is 1. The maximum Gasteiger partial charge on any atom is 0.417 e. The van der Waals surface area contributed by atoms with Crippen LogP contribution in [-0.4, -0.2) is 17.9 Å². The number of pyridine rings is 1. The van der Waals surface area contributed by atoms with Gasteiger partial charge >= 0.3 is 6.18 Å². The fourth-order valence-electron chi connectivity index (χ4n) is 3.21. The highest BCUT2D eigenvalue weighted by atomic mass is 35.5. The van der Waals surface area contributed by atoms with E-state index in [9.17, 15) is 27.6 Å². The zero-order chi connectivity index (χ0) is 26.0. The van der Waals surface area contributed by atoms with Crippen LogP contribution in [0.25, 0.3) is 0 Å². The summed E-state index contributed by atoms with van der Waals surface area (Å²) < 4.78 is 45.1. The highest BCUT2D eigenvalue weighted by Gasteiger charge is 2.33. The van der Waals surface area contributed by atoms with Crippen molar-refractivity contribution >= 4 is 40.3 Å². The molecule has 1 aromatic heterocycles. The van der Waals surface area contributed by atoms with Crippen molar-refractivity contribution in [3.63, 3.8) is 0 Å². The van der Waals surface area contributed by atoms with Crippen molar-refractivity contribution in [3.8, 4) is 11.5 Å². The van der Waals surface area contributed by atoms with Gasteiger partial charge in [-0.15, -0.1) is 0 Å². The summed E-state index contributed by atoms with van der Waals surface area (Å²) in [6.07, 6.45) is -3.26. The van der Waals surface area contributed by atoms with Crippen LogP contribution in [0.3, 0.4) is 0 Å². The quantitative estimate of drug-likeness (QED) is 0.297. The fourth-order valence-corrected chi connectivity index (χ4v) is 3.43. The zero-order valence-corrected chi connectivity index (χ0v) is 19.1. The number of nitrogens with zero attached hydrogens (tertiary/aromatic N) is 1. The molecule has 8 nitrogen and oxygen atoms in total.